The van der Waals surface area contributed by atoms with Gasteiger partial charge in [-0.2, -0.15) is 0 Å². The van der Waals surface area contributed by atoms with Crippen LogP contribution in [0.25, 0.3) is 0 Å². The van der Waals surface area contributed by atoms with Crippen molar-refractivity contribution in [2.24, 2.45) is 5.73 Å². The molecule has 0 spiro atoms. The largest absolute Gasteiger partial charge is 0.352 e. The molecule has 0 saturated carbocycles. The first-order valence-electron chi connectivity index (χ1n) is 6.38. The van der Waals surface area contributed by atoms with Crippen LogP contribution < -0.4 is 10.6 Å². The molecule has 1 aromatic carbocycles. The Morgan fingerprint density at radius 2 is 2.00 bits per heavy atom. The number of benzene rings is 1. The predicted octanol–water partition coefficient (Wildman–Crippen LogP) is 3.33. The molecule has 0 bridgehead atoms. The van der Waals surface area contributed by atoms with Gasteiger partial charge in [0.15, 0.2) is 0 Å². The molecule has 0 saturated heterocycles. The first kappa shape index (κ1) is 14.0. The Kier molecular flexibility index (Phi) is 4.93. The Morgan fingerprint density at radius 1 is 1.26 bits per heavy atom. The summed E-state index contributed by atoms with van der Waals surface area (Å²) in [6, 6.07) is 12.4. The monoisotopic (exact) mass is 319 g/mol. The first-order valence-corrected chi connectivity index (χ1v) is 7.17. The Hall–Kier alpha value is -1.39. The SMILES string of the molecule is CCN(Cc1ccccc1)c1ncc(Br)cc1CN. The smallest absolute Gasteiger partial charge is 0.133 e. The zero-order chi connectivity index (χ0) is 13.7. The third-order valence-corrected chi connectivity index (χ3v) is 3.46. The molecule has 0 radical (unpaired) electrons. The fourth-order valence-electron chi connectivity index (χ4n) is 2.05. The van der Waals surface area contributed by atoms with E-state index in [4.69, 9.17) is 5.73 Å². The van der Waals surface area contributed by atoms with Crippen LogP contribution in [-0.4, -0.2) is 11.5 Å². The Balaban J connectivity index is 2.27. The standard InChI is InChI=1S/C15H18BrN3/c1-2-19(11-12-6-4-3-5-7-12)15-13(9-17)8-14(16)10-18-15/h3-8,10H,2,9,11,17H2,1H3. The third-order valence-electron chi connectivity index (χ3n) is 3.03. The topological polar surface area (TPSA) is 42.2 Å². The number of halogens is 1. The van der Waals surface area contributed by atoms with Crippen molar-refractivity contribution >= 4 is 21.7 Å². The van der Waals surface area contributed by atoms with Crippen LogP contribution in [0.15, 0.2) is 47.1 Å². The second-order valence-electron chi connectivity index (χ2n) is 4.34. The predicted molar refractivity (Wildman–Crippen MR) is 83.0 cm³/mol. The van der Waals surface area contributed by atoms with E-state index in [0.717, 1.165) is 28.9 Å². The van der Waals surface area contributed by atoms with E-state index in [0.29, 0.717) is 6.54 Å². The number of aromatic nitrogens is 1. The van der Waals surface area contributed by atoms with Crippen LogP contribution >= 0.6 is 15.9 Å². The molecule has 0 amide bonds. The molecule has 0 aliphatic heterocycles. The molecule has 1 heterocycles. The van der Waals surface area contributed by atoms with E-state index >= 15 is 0 Å². The van der Waals surface area contributed by atoms with Crippen molar-refractivity contribution in [1.82, 2.24) is 4.98 Å². The number of pyridine rings is 1. The summed E-state index contributed by atoms with van der Waals surface area (Å²) in [5.41, 5.74) is 8.16. The van der Waals surface area contributed by atoms with Crippen molar-refractivity contribution in [3.8, 4) is 0 Å². The molecule has 19 heavy (non-hydrogen) atoms. The van der Waals surface area contributed by atoms with Gasteiger partial charge in [-0.05, 0) is 34.5 Å². The van der Waals surface area contributed by atoms with E-state index in [2.05, 4.69) is 57.0 Å². The van der Waals surface area contributed by atoms with E-state index < -0.39 is 0 Å². The van der Waals surface area contributed by atoms with Crippen LogP contribution in [0.4, 0.5) is 5.82 Å². The molecule has 0 aliphatic carbocycles. The van der Waals surface area contributed by atoms with Gasteiger partial charge in [0.25, 0.3) is 0 Å². The second kappa shape index (κ2) is 6.68. The van der Waals surface area contributed by atoms with Crippen LogP contribution in [0, 0.1) is 0 Å². The van der Waals surface area contributed by atoms with Gasteiger partial charge in [-0.15, -0.1) is 0 Å². The van der Waals surface area contributed by atoms with Crippen molar-refractivity contribution < 1.29 is 0 Å². The summed E-state index contributed by atoms with van der Waals surface area (Å²) in [6.07, 6.45) is 1.82. The Labute approximate surface area is 122 Å². The van der Waals surface area contributed by atoms with Gasteiger partial charge in [0, 0.05) is 35.9 Å². The lowest BCUT2D eigenvalue weighted by Gasteiger charge is -2.24. The van der Waals surface area contributed by atoms with Crippen LogP contribution in [0.5, 0.6) is 0 Å². The van der Waals surface area contributed by atoms with Gasteiger partial charge in [-0.3, -0.25) is 0 Å². The maximum Gasteiger partial charge on any atom is 0.133 e. The van der Waals surface area contributed by atoms with Crippen molar-refractivity contribution in [3.05, 3.63) is 58.2 Å². The molecule has 3 nitrogen and oxygen atoms in total. The summed E-state index contributed by atoms with van der Waals surface area (Å²) in [6.45, 7) is 4.37. The number of anilines is 1. The fourth-order valence-corrected chi connectivity index (χ4v) is 2.43. The number of hydrogen-bond acceptors (Lipinski definition) is 3. The molecule has 2 N–H and O–H groups in total. The maximum absolute atomic E-state index is 5.82. The molecular weight excluding hydrogens is 302 g/mol. The highest BCUT2D eigenvalue weighted by atomic mass is 79.9. The molecule has 0 fully saturated rings. The van der Waals surface area contributed by atoms with Crippen LogP contribution in [0.3, 0.4) is 0 Å². The highest BCUT2D eigenvalue weighted by Gasteiger charge is 2.11. The zero-order valence-electron chi connectivity index (χ0n) is 11.0. The van der Waals surface area contributed by atoms with E-state index in [-0.39, 0.29) is 0 Å². The van der Waals surface area contributed by atoms with Crippen LogP contribution in [-0.2, 0) is 13.1 Å². The average molecular weight is 320 g/mol. The quantitative estimate of drug-likeness (QED) is 0.919. The van der Waals surface area contributed by atoms with E-state index in [1.165, 1.54) is 5.56 Å². The zero-order valence-corrected chi connectivity index (χ0v) is 12.6. The van der Waals surface area contributed by atoms with Gasteiger partial charge in [-0.1, -0.05) is 30.3 Å². The lowest BCUT2D eigenvalue weighted by molar-refractivity contribution is 0.801. The summed E-state index contributed by atoms with van der Waals surface area (Å²) in [7, 11) is 0. The molecule has 0 unspecified atom stereocenters. The summed E-state index contributed by atoms with van der Waals surface area (Å²) in [5, 5.41) is 0. The van der Waals surface area contributed by atoms with Gasteiger partial charge in [-0.25, -0.2) is 4.98 Å². The van der Waals surface area contributed by atoms with Gasteiger partial charge in [0.05, 0.1) is 0 Å². The van der Waals surface area contributed by atoms with Crippen molar-refractivity contribution in [1.29, 1.82) is 0 Å². The summed E-state index contributed by atoms with van der Waals surface area (Å²) in [5.74, 6) is 0.969. The van der Waals surface area contributed by atoms with Crippen molar-refractivity contribution in [2.45, 2.75) is 20.0 Å². The minimum atomic E-state index is 0.493. The molecule has 2 rings (SSSR count). The number of hydrogen-bond donors (Lipinski definition) is 1. The Bertz CT molecular complexity index is 528. The van der Waals surface area contributed by atoms with Gasteiger partial charge >= 0.3 is 0 Å². The normalized spacial score (nSPS) is 10.5. The molecule has 4 heteroatoms. The van der Waals surface area contributed by atoms with Gasteiger partial charge in [0.1, 0.15) is 5.82 Å². The first-order chi connectivity index (χ1) is 9.24. The van der Waals surface area contributed by atoms with Crippen molar-refractivity contribution in [3.63, 3.8) is 0 Å². The van der Waals surface area contributed by atoms with E-state index in [1.807, 2.05) is 18.3 Å². The number of rotatable bonds is 5. The lowest BCUT2D eigenvalue weighted by Crippen LogP contribution is -2.25. The summed E-state index contributed by atoms with van der Waals surface area (Å²) >= 11 is 3.44. The lowest BCUT2D eigenvalue weighted by atomic mass is 10.2. The van der Waals surface area contributed by atoms with E-state index in [9.17, 15) is 0 Å². The van der Waals surface area contributed by atoms with Crippen LogP contribution in [0.1, 0.15) is 18.1 Å². The number of nitrogens with two attached hydrogens (primary N) is 1. The van der Waals surface area contributed by atoms with Crippen LogP contribution in [0.2, 0.25) is 0 Å². The van der Waals surface area contributed by atoms with Gasteiger partial charge < -0.3 is 10.6 Å². The van der Waals surface area contributed by atoms with Gasteiger partial charge in [0.2, 0.25) is 0 Å². The molecule has 1 aromatic heterocycles. The highest BCUT2D eigenvalue weighted by molar-refractivity contribution is 9.10. The second-order valence-corrected chi connectivity index (χ2v) is 5.26. The van der Waals surface area contributed by atoms with Crippen molar-refractivity contribution in [2.75, 3.05) is 11.4 Å². The molecule has 0 atom stereocenters. The minimum absolute atomic E-state index is 0.493. The summed E-state index contributed by atoms with van der Waals surface area (Å²) in [4.78, 5) is 6.76. The van der Waals surface area contributed by atoms with E-state index in [1.54, 1.807) is 0 Å². The molecule has 100 valence electrons. The summed E-state index contributed by atoms with van der Waals surface area (Å²) < 4.78 is 0.965. The maximum atomic E-state index is 5.82. The average Bonchev–Trinajstić information content (AvgIpc) is 2.46. The molecular formula is C15H18BrN3. The minimum Gasteiger partial charge on any atom is -0.352 e. The molecule has 2 aromatic rings. The number of nitrogens with zero attached hydrogens (tertiary/aromatic N) is 2. The molecule has 0 aliphatic rings. The third kappa shape index (κ3) is 3.55. The fraction of sp³-hybridized carbons (Fsp3) is 0.267. The highest BCUT2D eigenvalue weighted by Crippen LogP contribution is 2.22. The Morgan fingerprint density at radius 3 is 2.63 bits per heavy atom.